The first kappa shape index (κ1) is 15.1. The number of aldehydes is 1. The zero-order valence-electron chi connectivity index (χ0n) is 13.2. The summed E-state index contributed by atoms with van der Waals surface area (Å²) in [7, 11) is 0. The summed E-state index contributed by atoms with van der Waals surface area (Å²) in [6.45, 7) is 5.29. The summed E-state index contributed by atoms with van der Waals surface area (Å²) in [5.74, 6) is 1.63. The topological polar surface area (TPSA) is 57.3 Å². The van der Waals surface area contributed by atoms with Crippen LogP contribution in [-0.4, -0.2) is 16.1 Å². The molecule has 23 heavy (non-hydrogen) atoms. The molecule has 3 rings (SSSR count). The van der Waals surface area contributed by atoms with Crippen LogP contribution >= 0.6 is 0 Å². The van der Waals surface area contributed by atoms with Crippen molar-refractivity contribution in [2.75, 3.05) is 0 Å². The van der Waals surface area contributed by atoms with Crippen LogP contribution < -0.4 is 4.74 Å². The van der Waals surface area contributed by atoms with Crippen molar-refractivity contribution in [3.8, 4) is 17.1 Å². The lowest BCUT2D eigenvalue weighted by Crippen LogP contribution is -1.97. The predicted molar refractivity (Wildman–Crippen MR) is 86.5 cm³/mol. The lowest BCUT2D eigenvalue weighted by Gasteiger charge is -2.09. The Hall–Kier alpha value is -2.82. The van der Waals surface area contributed by atoms with E-state index < -0.39 is 0 Å². The monoisotopic (exact) mass is 310 g/mol. The quantitative estimate of drug-likeness (QED) is 0.649. The van der Waals surface area contributed by atoms with E-state index >= 15 is 0 Å². The van der Waals surface area contributed by atoms with E-state index in [-0.39, 0.29) is 0 Å². The smallest absolute Gasteiger partial charge is 0.185 e. The third-order valence-corrected chi connectivity index (χ3v) is 3.65. The third-order valence-electron chi connectivity index (χ3n) is 3.65. The van der Waals surface area contributed by atoms with Crippen LogP contribution in [0.5, 0.6) is 5.75 Å². The summed E-state index contributed by atoms with van der Waals surface area (Å²) >= 11 is 0. The number of carbonyl (C=O) groups is 1. The average molecular weight is 310 g/mol. The van der Waals surface area contributed by atoms with Gasteiger partial charge in [0.15, 0.2) is 12.0 Å². The second-order valence-electron chi connectivity index (χ2n) is 5.20. The molecule has 0 saturated heterocycles. The van der Waals surface area contributed by atoms with E-state index in [4.69, 9.17) is 9.15 Å². The molecule has 5 heteroatoms. The van der Waals surface area contributed by atoms with Gasteiger partial charge in [0.1, 0.15) is 18.1 Å². The number of aromatic nitrogens is 2. The largest absolute Gasteiger partial charge is 0.488 e. The molecule has 2 aromatic heterocycles. The summed E-state index contributed by atoms with van der Waals surface area (Å²) in [4.78, 5) is 10.8. The van der Waals surface area contributed by atoms with Crippen LogP contribution in [0.15, 0.2) is 47.0 Å². The Bertz CT molecular complexity index is 817. The van der Waals surface area contributed by atoms with Gasteiger partial charge in [0.05, 0.1) is 11.3 Å². The Labute approximate surface area is 134 Å². The summed E-state index contributed by atoms with van der Waals surface area (Å²) in [5.41, 5.74) is 2.83. The first-order chi connectivity index (χ1) is 11.2. The maximum absolute atomic E-state index is 10.8. The van der Waals surface area contributed by atoms with Crippen LogP contribution in [-0.2, 0) is 13.2 Å². The molecule has 0 aliphatic rings. The second-order valence-corrected chi connectivity index (χ2v) is 5.20. The van der Waals surface area contributed by atoms with E-state index in [9.17, 15) is 4.79 Å². The van der Waals surface area contributed by atoms with Crippen LogP contribution in [0.3, 0.4) is 0 Å². The number of furan rings is 1. The summed E-state index contributed by atoms with van der Waals surface area (Å²) in [6.07, 6.45) is 2.69. The summed E-state index contributed by atoms with van der Waals surface area (Å²) < 4.78 is 13.3. The maximum Gasteiger partial charge on any atom is 0.185 e. The average Bonchev–Trinajstić information content (AvgIpc) is 3.19. The predicted octanol–water partition coefficient (Wildman–Crippen LogP) is 3.86. The molecule has 0 radical (unpaired) electrons. The molecule has 0 bridgehead atoms. The molecule has 2 heterocycles. The molecule has 0 saturated carbocycles. The van der Waals surface area contributed by atoms with Crippen molar-refractivity contribution in [2.24, 2.45) is 0 Å². The van der Waals surface area contributed by atoms with Crippen molar-refractivity contribution < 1.29 is 13.9 Å². The summed E-state index contributed by atoms with van der Waals surface area (Å²) in [5, 5.41) is 4.42. The Kier molecular flexibility index (Phi) is 4.28. The normalized spacial score (nSPS) is 10.7. The zero-order valence-corrected chi connectivity index (χ0v) is 13.2. The second kappa shape index (κ2) is 6.52. The Morgan fingerprint density at radius 3 is 2.78 bits per heavy atom. The van der Waals surface area contributed by atoms with Crippen LogP contribution in [0.4, 0.5) is 0 Å². The number of hydrogen-bond donors (Lipinski definition) is 0. The molecule has 0 atom stereocenters. The van der Waals surface area contributed by atoms with E-state index in [1.807, 2.05) is 49.0 Å². The zero-order chi connectivity index (χ0) is 16.2. The van der Waals surface area contributed by atoms with Gasteiger partial charge >= 0.3 is 0 Å². The highest BCUT2D eigenvalue weighted by Crippen LogP contribution is 2.31. The highest BCUT2D eigenvalue weighted by atomic mass is 16.5. The van der Waals surface area contributed by atoms with Crippen molar-refractivity contribution in [1.29, 1.82) is 0 Å². The standard InChI is InChI=1S/C18H18N2O3/c1-3-20-10-14(13(2)19-20)12-22-17-7-5-4-6-16(17)18-9-8-15(11-21)23-18/h4-11H,3,12H2,1-2H3. The molecule has 0 spiro atoms. The Balaban J connectivity index is 1.83. The lowest BCUT2D eigenvalue weighted by atomic mass is 10.1. The molecule has 118 valence electrons. The minimum atomic E-state index is 0.301. The van der Waals surface area contributed by atoms with Gasteiger partial charge < -0.3 is 9.15 Å². The van der Waals surface area contributed by atoms with Crippen molar-refractivity contribution in [3.05, 3.63) is 59.6 Å². The number of benzene rings is 1. The molecular formula is C18H18N2O3. The van der Waals surface area contributed by atoms with Crippen molar-refractivity contribution in [1.82, 2.24) is 9.78 Å². The maximum atomic E-state index is 10.8. The molecule has 3 aromatic rings. The van der Waals surface area contributed by atoms with Gasteiger partial charge in [-0.2, -0.15) is 5.10 Å². The van der Waals surface area contributed by atoms with Gasteiger partial charge in [-0.15, -0.1) is 0 Å². The summed E-state index contributed by atoms with van der Waals surface area (Å²) in [6, 6.07) is 11.0. The van der Waals surface area contributed by atoms with Crippen LogP contribution in [0.25, 0.3) is 11.3 Å². The fraction of sp³-hybridized carbons (Fsp3) is 0.222. The Morgan fingerprint density at radius 1 is 1.26 bits per heavy atom. The van der Waals surface area contributed by atoms with E-state index in [0.29, 0.717) is 30.2 Å². The number of hydrogen-bond acceptors (Lipinski definition) is 4. The van der Waals surface area contributed by atoms with Crippen LogP contribution in [0, 0.1) is 6.92 Å². The van der Waals surface area contributed by atoms with Crippen LogP contribution in [0.1, 0.15) is 28.7 Å². The molecule has 1 aromatic carbocycles. The fourth-order valence-electron chi connectivity index (χ4n) is 2.38. The number of para-hydroxylation sites is 1. The van der Waals surface area contributed by atoms with Gasteiger partial charge in [-0.3, -0.25) is 9.48 Å². The van der Waals surface area contributed by atoms with E-state index in [0.717, 1.165) is 23.4 Å². The molecule has 0 unspecified atom stereocenters. The highest BCUT2D eigenvalue weighted by molar-refractivity contribution is 5.74. The first-order valence-electron chi connectivity index (χ1n) is 7.51. The van der Waals surface area contributed by atoms with Gasteiger partial charge in [-0.05, 0) is 38.1 Å². The minimum Gasteiger partial charge on any atom is -0.488 e. The number of aryl methyl sites for hydroxylation is 2. The third kappa shape index (κ3) is 3.18. The van der Waals surface area contributed by atoms with E-state index in [1.165, 1.54) is 0 Å². The number of nitrogens with zero attached hydrogens (tertiary/aromatic N) is 2. The molecule has 0 aliphatic carbocycles. The van der Waals surface area contributed by atoms with Gasteiger partial charge in [0, 0.05) is 18.3 Å². The molecule has 0 amide bonds. The van der Waals surface area contributed by atoms with E-state index in [2.05, 4.69) is 5.10 Å². The SMILES string of the molecule is CCn1cc(COc2ccccc2-c2ccc(C=O)o2)c(C)n1. The minimum absolute atomic E-state index is 0.301. The van der Waals surface area contributed by atoms with Crippen molar-refractivity contribution in [3.63, 3.8) is 0 Å². The first-order valence-corrected chi connectivity index (χ1v) is 7.51. The lowest BCUT2D eigenvalue weighted by molar-refractivity contribution is 0.110. The van der Waals surface area contributed by atoms with E-state index in [1.54, 1.807) is 12.1 Å². The number of rotatable bonds is 6. The fourth-order valence-corrected chi connectivity index (χ4v) is 2.38. The van der Waals surface area contributed by atoms with Crippen molar-refractivity contribution in [2.45, 2.75) is 27.0 Å². The van der Waals surface area contributed by atoms with Crippen LogP contribution in [0.2, 0.25) is 0 Å². The molecule has 0 fully saturated rings. The number of ether oxygens (including phenoxy) is 1. The Morgan fingerprint density at radius 2 is 2.09 bits per heavy atom. The molecule has 0 N–H and O–H groups in total. The number of carbonyl (C=O) groups excluding carboxylic acids is 1. The van der Waals surface area contributed by atoms with Gasteiger partial charge in [0.25, 0.3) is 0 Å². The van der Waals surface area contributed by atoms with Gasteiger partial charge in [-0.25, -0.2) is 0 Å². The molecular weight excluding hydrogens is 292 g/mol. The molecule has 5 nitrogen and oxygen atoms in total. The molecule has 0 aliphatic heterocycles. The van der Waals surface area contributed by atoms with Gasteiger partial charge in [0.2, 0.25) is 0 Å². The van der Waals surface area contributed by atoms with Crippen molar-refractivity contribution >= 4 is 6.29 Å². The van der Waals surface area contributed by atoms with Gasteiger partial charge in [-0.1, -0.05) is 12.1 Å². The highest BCUT2D eigenvalue weighted by Gasteiger charge is 2.11.